The van der Waals surface area contributed by atoms with Crippen LogP contribution in [0.1, 0.15) is 18.7 Å². The third-order valence-corrected chi connectivity index (χ3v) is 2.41. The van der Waals surface area contributed by atoms with Crippen molar-refractivity contribution in [1.29, 1.82) is 0 Å². The molecule has 2 unspecified atom stereocenters. The normalized spacial score (nSPS) is 15.0. The molecule has 0 amide bonds. The zero-order valence-electron chi connectivity index (χ0n) is 8.01. The average Bonchev–Trinajstić information content (AvgIpc) is 2.18. The van der Waals surface area contributed by atoms with Crippen molar-refractivity contribution >= 4 is 11.1 Å². The van der Waals surface area contributed by atoms with Gasteiger partial charge >= 0.3 is 0 Å². The first-order chi connectivity index (χ1) is 6.70. The van der Waals surface area contributed by atoms with Crippen LogP contribution in [0.4, 0.5) is 0 Å². The summed E-state index contributed by atoms with van der Waals surface area (Å²) in [7, 11) is 0. The molecule has 14 heavy (non-hydrogen) atoms. The first-order valence-corrected chi connectivity index (χ1v) is 5.69. The Bertz CT molecular complexity index is 292. The van der Waals surface area contributed by atoms with Gasteiger partial charge in [0.25, 0.3) is 0 Å². The van der Waals surface area contributed by atoms with E-state index in [1.807, 2.05) is 25.1 Å². The maximum Gasteiger partial charge on any atom is 0.154 e. The maximum absolute atomic E-state index is 10.4. The van der Waals surface area contributed by atoms with Crippen molar-refractivity contribution in [3.8, 4) is 0 Å². The molecule has 0 saturated heterocycles. The smallest absolute Gasteiger partial charge is 0.154 e. The summed E-state index contributed by atoms with van der Waals surface area (Å²) >= 11 is -1.72. The van der Waals surface area contributed by atoms with E-state index >= 15 is 0 Å². The Labute approximate surface area is 86.0 Å². The number of rotatable bonds is 5. The highest BCUT2D eigenvalue weighted by atomic mass is 32.2. The Kier molecular flexibility index (Phi) is 4.72. The largest absolute Gasteiger partial charge is 0.308 e. The Morgan fingerprint density at radius 1 is 1.64 bits per heavy atom. The van der Waals surface area contributed by atoms with Gasteiger partial charge in [-0.2, -0.15) is 0 Å². The maximum atomic E-state index is 10.4. The molecule has 78 valence electrons. The lowest BCUT2D eigenvalue weighted by Crippen LogP contribution is -2.24. The van der Waals surface area contributed by atoms with Crippen molar-refractivity contribution in [2.75, 3.05) is 12.3 Å². The molecular formula is C9H14N2O2S. The molecule has 0 aliphatic heterocycles. The molecule has 0 aromatic carbocycles. The SMILES string of the molecule is CC(NCCS(=O)O)c1ccccn1. The topological polar surface area (TPSA) is 62.2 Å². The van der Waals surface area contributed by atoms with Crippen LogP contribution in [0.3, 0.4) is 0 Å². The third kappa shape index (κ3) is 3.95. The van der Waals surface area contributed by atoms with E-state index in [9.17, 15) is 4.21 Å². The number of nitrogens with zero attached hydrogens (tertiary/aromatic N) is 1. The zero-order chi connectivity index (χ0) is 10.4. The summed E-state index contributed by atoms with van der Waals surface area (Å²) < 4.78 is 18.9. The zero-order valence-corrected chi connectivity index (χ0v) is 8.83. The van der Waals surface area contributed by atoms with Gasteiger partial charge in [0.15, 0.2) is 11.1 Å². The quantitative estimate of drug-likeness (QED) is 0.716. The predicted molar refractivity (Wildman–Crippen MR) is 56.3 cm³/mol. The Hall–Kier alpha value is -0.780. The van der Waals surface area contributed by atoms with Gasteiger partial charge in [-0.1, -0.05) is 6.07 Å². The van der Waals surface area contributed by atoms with E-state index in [0.29, 0.717) is 6.54 Å². The molecule has 0 aliphatic carbocycles. The molecule has 0 bridgehead atoms. The molecule has 2 atom stereocenters. The van der Waals surface area contributed by atoms with Crippen LogP contribution in [0, 0.1) is 0 Å². The van der Waals surface area contributed by atoms with Crippen LogP contribution in [0.25, 0.3) is 0 Å². The second-order valence-electron chi connectivity index (χ2n) is 2.96. The Balaban J connectivity index is 2.36. The van der Waals surface area contributed by atoms with Gasteiger partial charge in [0.05, 0.1) is 11.4 Å². The molecule has 1 aromatic rings. The van der Waals surface area contributed by atoms with Crippen LogP contribution < -0.4 is 5.32 Å². The van der Waals surface area contributed by atoms with Crippen molar-refractivity contribution in [3.05, 3.63) is 30.1 Å². The summed E-state index contributed by atoms with van der Waals surface area (Å²) in [6.07, 6.45) is 1.73. The fourth-order valence-corrected chi connectivity index (χ4v) is 1.39. The van der Waals surface area contributed by atoms with Gasteiger partial charge in [-0.25, -0.2) is 4.21 Å². The van der Waals surface area contributed by atoms with Crippen LogP contribution in [-0.2, 0) is 11.1 Å². The first-order valence-electron chi connectivity index (χ1n) is 4.42. The highest BCUT2D eigenvalue weighted by Crippen LogP contribution is 2.06. The van der Waals surface area contributed by atoms with E-state index < -0.39 is 11.1 Å². The lowest BCUT2D eigenvalue weighted by Gasteiger charge is -2.11. The van der Waals surface area contributed by atoms with E-state index in [1.165, 1.54) is 0 Å². The Morgan fingerprint density at radius 3 is 3.00 bits per heavy atom. The summed E-state index contributed by atoms with van der Waals surface area (Å²) in [5, 5.41) is 3.11. The molecule has 1 heterocycles. The second kappa shape index (κ2) is 5.85. The molecule has 0 spiro atoms. The first kappa shape index (κ1) is 11.3. The van der Waals surface area contributed by atoms with E-state index in [-0.39, 0.29) is 11.8 Å². The van der Waals surface area contributed by atoms with Gasteiger partial charge < -0.3 is 9.87 Å². The van der Waals surface area contributed by atoms with Crippen LogP contribution in [0.15, 0.2) is 24.4 Å². The van der Waals surface area contributed by atoms with Crippen molar-refractivity contribution in [2.24, 2.45) is 0 Å². The van der Waals surface area contributed by atoms with E-state index in [0.717, 1.165) is 5.69 Å². The minimum absolute atomic E-state index is 0.111. The standard InChI is InChI=1S/C9H14N2O2S/c1-8(10-6-7-14(12)13)9-4-2-3-5-11-9/h2-5,8,10H,6-7H2,1H3,(H,12,13). The highest BCUT2D eigenvalue weighted by molar-refractivity contribution is 7.79. The molecule has 1 rings (SSSR count). The summed E-state index contributed by atoms with van der Waals surface area (Å²) in [6, 6.07) is 5.82. The number of hydrogen-bond donors (Lipinski definition) is 2. The van der Waals surface area contributed by atoms with Crippen LogP contribution >= 0.6 is 0 Å². The highest BCUT2D eigenvalue weighted by Gasteiger charge is 2.04. The summed E-state index contributed by atoms with van der Waals surface area (Å²) in [4.78, 5) is 4.18. The van der Waals surface area contributed by atoms with E-state index in [2.05, 4.69) is 10.3 Å². The van der Waals surface area contributed by atoms with Crippen LogP contribution in [0.2, 0.25) is 0 Å². The molecule has 5 heteroatoms. The molecule has 0 aliphatic rings. The van der Waals surface area contributed by atoms with Gasteiger partial charge in [-0.05, 0) is 19.1 Å². The van der Waals surface area contributed by atoms with Crippen molar-refractivity contribution in [1.82, 2.24) is 10.3 Å². The molecule has 2 N–H and O–H groups in total. The monoisotopic (exact) mass is 214 g/mol. The number of hydrogen-bond acceptors (Lipinski definition) is 3. The fourth-order valence-electron chi connectivity index (χ4n) is 1.10. The van der Waals surface area contributed by atoms with Gasteiger partial charge in [0.2, 0.25) is 0 Å². The van der Waals surface area contributed by atoms with E-state index in [4.69, 9.17) is 4.55 Å². The molecule has 0 radical (unpaired) electrons. The lowest BCUT2D eigenvalue weighted by atomic mass is 10.2. The number of pyridine rings is 1. The lowest BCUT2D eigenvalue weighted by molar-refractivity contribution is 0.546. The van der Waals surface area contributed by atoms with Gasteiger partial charge in [0, 0.05) is 18.8 Å². The van der Waals surface area contributed by atoms with Crippen molar-refractivity contribution in [3.63, 3.8) is 0 Å². The molecule has 1 aromatic heterocycles. The number of nitrogens with one attached hydrogen (secondary N) is 1. The fraction of sp³-hybridized carbons (Fsp3) is 0.444. The predicted octanol–water partition coefficient (Wildman–Crippen LogP) is 0.954. The molecule has 0 saturated carbocycles. The van der Waals surface area contributed by atoms with Crippen LogP contribution in [-0.4, -0.2) is 26.0 Å². The van der Waals surface area contributed by atoms with Crippen LogP contribution in [0.5, 0.6) is 0 Å². The summed E-state index contributed by atoms with van der Waals surface area (Å²) in [5.41, 5.74) is 0.941. The summed E-state index contributed by atoms with van der Waals surface area (Å²) in [6.45, 7) is 2.49. The summed E-state index contributed by atoms with van der Waals surface area (Å²) in [5.74, 6) is 0.247. The van der Waals surface area contributed by atoms with Crippen molar-refractivity contribution < 1.29 is 8.76 Å². The molecule has 4 nitrogen and oxygen atoms in total. The van der Waals surface area contributed by atoms with E-state index in [1.54, 1.807) is 6.20 Å². The second-order valence-corrected chi connectivity index (χ2v) is 4.01. The average molecular weight is 214 g/mol. The van der Waals surface area contributed by atoms with Gasteiger partial charge in [-0.3, -0.25) is 4.98 Å². The van der Waals surface area contributed by atoms with Gasteiger partial charge in [-0.15, -0.1) is 0 Å². The number of aromatic nitrogens is 1. The van der Waals surface area contributed by atoms with Gasteiger partial charge in [0.1, 0.15) is 0 Å². The minimum Gasteiger partial charge on any atom is -0.308 e. The Morgan fingerprint density at radius 2 is 2.43 bits per heavy atom. The molecule has 0 fully saturated rings. The minimum atomic E-state index is -1.72. The molecular weight excluding hydrogens is 200 g/mol. The third-order valence-electron chi connectivity index (χ3n) is 1.86. The van der Waals surface area contributed by atoms with Crippen molar-refractivity contribution in [2.45, 2.75) is 13.0 Å².